The van der Waals surface area contributed by atoms with Gasteiger partial charge in [0.05, 0.1) is 24.0 Å². The Kier molecular flexibility index (Phi) is 5.42. The van der Waals surface area contributed by atoms with Gasteiger partial charge in [0.15, 0.2) is 5.83 Å². The molecule has 0 heterocycles. The van der Waals surface area contributed by atoms with Crippen molar-refractivity contribution < 1.29 is 26.1 Å². The third-order valence-corrected chi connectivity index (χ3v) is 4.81. The standard InChI is InChI=1S/C16H19F2NO4S/c1-11-3-6-14(7-4-11)24(20,21)23-12(2)10-22-16(18)9-13(19)5-8-15(16)17/h3-8,12H,9-10,19H2,1-2H3. The van der Waals surface area contributed by atoms with Gasteiger partial charge in [-0.3, -0.25) is 4.18 Å². The van der Waals surface area contributed by atoms with E-state index in [-0.39, 0.29) is 10.6 Å². The molecule has 2 N–H and O–H groups in total. The van der Waals surface area contributed by atoms with Crippen LogP contribution >= 0.6 is 0 Å². The molecule has 5 nitrogen and oxygen atoms in total. The van der Waals surface area contributed by atoms with Crippen molar-refractivity contribution in [3.8, 4) is 0 Å². The van der Waals surface area contributed by atoms with Crippen molar-refractivity contribution in [3.63, 3.8) is 0 Å². The number of hydrogen-bond acceptors (Lipinski definition) is 5. The molecule has 1 aromatic rings. The molecule has 0 bridgehead atoms. The van der Waals surface area contributed by atoms with Gasteiger partial charge in [-0.1, -0.05) is 17.7 Å². The Morgan fingerprint density at radius 1 is 1.29 bits per heavy atom. The van der Waals surface area contributed by atoms with Gasteiger partial charge >= 0.3 is 0 Å². The molecule has 24 heavy (non-hydrogen) atoms. The summed E-state index contributed by atoms with van der Waals surface area (Å²) in [6.07, 6.45) is 0.655. The molecule has 2 unspecified atom stereocenters. The van der Waals surface area contributed by atoms with Crippen LogP contribution in [0.25, 0.3) is 0 Å². The van der Waals surface area contributed by atoms with E-state index < -0.39 is 40.9 Å². The smallest absolute Gasteiger partial charge is 0.297 e. The topological polar surface area (TPSA) is 78.6 Å². The Bertz CT molecular complexity index is 759. The van der Waals surface area contributed by atoms with Gasteiger partial charge in [-0.25, -0.2) is 8.78 Å². The van der Waals surface area contributed by atoms with Crippen LogP contribution in [0.4, 0.5) is 8.78 Å². The van der Waals surface area contributed by atoms with Crippen LogP contribution in [0.15, 0.2) is 52.8 Å². The molecule has 0 saturated heterocycles. The van der Waals surface area contributed by atoms with E-state index in [1.807, 2.05) is 6.92 Å². The first-order chi connectivity index (χ1) is 11.1. The molecule has 8 heteroatoms. The Hall–Kier alpha value is -1.77. The number of benzene rings is 1. The largest absolute Gasteiger partial charge is 0.402 e. The van der Waals surface area contributed by atoms with E-state index in [4.69, 9.17) is 14.7 Å². The highest BCUT2D eigenvalue weighted by atomic mass is 32.2. The molecule has 1 aromatic carbocycles. The van der Waals surface area contributed by atoms with Crippen LogP contribution in [-0.4, -0.2) is 27.0 Å². The number of halogens is 2. The highest BCUT2D eigenvalue weighted by Gasteiger charge is 2.39. The van der Waals surface area contributed by atoms with Gasteiger partial charge < -0.3 is 10.5 Å². The van der Waals surface area contributed by atoms with Crippen molar-refractivity contribution in [1.29, 1.82) is 0 Å². The zero-order chi connectivity index (χ0) is 18.0. The molecular formula is C16H19F2NO4S. The average Bonchev–Trinajstić information content (AvgIpc) is 2.49. The van der Waals surface area contributed by atoms with E-state index >= 15 is 0 Å². The van der Waals surface area contributed by atoms with Crippen molar-refractivity contribution in [2.45, 2.75) is 37.1 Å². The molecule has 0 saturated carbocycles. The second kappa shape index (κ2) is 7.00. The SMILES string of the molecule is Cc1ccc(S(=O)(=O)OC(C)COC2(F)CC(N)=CC=C2F)cc1. The van der Waals surface area contributed by atoms with Crippen molar-refractivity contribution >= 4 is 10.1 Å². The number of nitrogens with two attached hydrogens (primary N) is 1. The van der Waals surface area contributed by atoms with E-state index in [0.29, 0.717) is 0 Å². The van der Waals surface area contributed by atoms with Gasteiger partial charge in [-0.15, -0.1) is 0 Å². The second-order valence-electron chi connectivity index (χ2n) is 5.65. The lowest BCUT2D eigenvalue weighted by molar-refractivity contribution is -0.143. The molecule has 0 fully saturated rings. The van der Waals surface area contributed by atoms with E-state index in [1.165, 1.54) is 25.1 Å². The van der Waals surface area contributed by atoms with E-state index in [1.54, 1.807) is 12.1 Å². The molecule has 0 spiro atoms. The second-order valence-corrected chi connectivity index (χ2v) is 7.22. The summed E-state index contributed by atoms with van der Waals surface area (Å²) in [5, 5.41) is 0. The van der Waals surface area contributed by atoms with Crippen LogP contribution in [0, 0.1) is 6.92 Å². The predicted octanol–water partition coefficient (Wildman–Crippen LogP) is 2.87. The van der Waals surface area contributed by atoms with E-state index in [2.05, 4.69) is 0 Å². The van der Waals surface area contributed by atoms with Crippen LogP contribution in [0.5, 0.6) is 0 Å². The van der Waals surface area contributed by atoms with Crippen LogP contribution in [0.3, 0.4) is 0 Å². The van der Waals surface area contributed by atoms with Crippen LogP contribution in [0.1, 0.15) is 18.9 Å². The molecule has 2 atom stereocenters. The van der Waals surface area contributed by atoms with Crippen molar-refractivity contribution in [1.82, 2.24) is 0 Å². The van der Waals surface area contributed by atoms with Crippen molar-refractivity contribution in [2.75, 3.05) is 6.61 Å². The fourth-order valence-electron chi connectivity index (χ4n) is 2.08. The molecule has 2 rings (SSSR count). The number of allylic oxidation sites excluding steroid dienone is 2. The average molecular weight is 359 g/mol. The first kappa shape index (κ1) is 18.6. The number of aryl methyl sites for hydroxylation is 1. The molecule has 0 amide bonds. The van der Waals surface area contributed by atoms with Crippen molar-refractivity contribution in [3.05, 3.63) is 53.5 Å². The zero-order valence-corrected chi connectivity index (χ0v) is 14.1. The lowest BCUT2D eigenvalue weighted by Gasteiger charge is -2.27. The molecular weight excluding hydrogens is 340 g/mol. The summed E-state index contributed by atoms with van der Waals surface area (Å²) in [7, 11) is -4.02. The Morgan fingerprint density at radius 3 is 2.54 bits per heavy atom. The molecule has 132 valence electrons. The molecule has 0 radical (unpaired) electrons. The number of alkyl halides is 1. The Balaban J connectivity index is 1.98. The van der Waals surface area contributed by atoms with Gasteiger partial charge in [0.1, 0.15) is 0 Å². The summed E-state index contributed by atoms with van der Waals surface area (Å²) in [4.78, 5) is -0.0224. The number of hydrogen-bond donors (Lipinski definition) is 1. The summed E-state index contributed by atoms with van der Waals surface area (Å²) >= 11 is 0. The van der Waals surface area contributed by atoms with Gasteiger partial charge in [0.25, 0.3) is 16.0 Å². The summed E-state index contributed by atoms with van der Waals surface area (Å²) in [5.74, 6) is -3.82. The third kappa shape index (κ3) is 4.40. The first-order valence-electron chi connectivity index (χ1n) is 7.27. The van der Waals surface area contributed by atoms with Crippen LogP contribution in [-0.2, 0) is 19.0 Å². The molecule has 0 aromatic heterocycles. The highest BCUT2D eigenvalue weighted by molar-refractivity contribution is 7.86. The Labute approximate surface area is 139 Å². The van der Waals surface area contributed by atoms with Gasteiger partial charge in [-0.05, 0) is 38.1 Å². The number of rotatable bonds is 6. The summed E-state index contributed by atoms with van der Waals surface area (Å²) in [5.41, 5.74) is 6.49. The summed E-state index contributed by atoms with van der Waals surface area (Å²) in [6.45, 7) is 2.75. The van der Waals surface area contributed by atoms with Crippen LogP contribution < -0.4 is 5.73 Å². The van der Waals surface area contributed by atoms with Gasteiger partial charge in [0, 0.05) is 5.70 Å². The highest BCUT2D eigenvalue weighted by Crippen LogP contribution is 2.34. The molecule has 1 aliphatic rings. The van der Waals surface area contributed by atoms with Crippen molar-refractivity contribution in [2.24, 2.45) is 5.73 Å². The zero-order valence-electron chi connectivity index (χ0n) is 13.3. The maximum atomic E-state index is 14.4. The lowest BCUT2D eigenvalue weighted by Crippen LogP contribution is -2.35. The predicted molar refractivity (Wildman–Crippen MR) is 84.8 cm³/mol. The minimum atomic E-state index is -4.02. The van der Waals surface area contributed by atoms with E-state index in [0.717, 1.165) is 11.6 Å². The summed E-state index contributed by atoms with van der Waals surface area (Å²) in [6, 6.07) is 6.07. The maximum Gasteiger partial charge on any atom is 0.297 e. The number of ether oxygens (including phenoxy) is 1. The Morgan fingerprint density at radius 2 is 1.92 bits per heavy atom. The fraction of sp³-hybridized carbons (Fsp3) is 0.375. The molecule has 1 aliphatic carbocycles. The minimum absolute atomic E-state index is 0.0224. The quantitative estimate of drug-likeness (QED) is 0.790. The van der Waals surface area contributed by atoms with Crippen LogP contribution in [0.2, 0.25) is 0 Å². The molecule has 0 aliphatic heterocycles. The normalized spacial score (nSPS) is 22.7. The minimum Gasteiger partial charge on any atom is -0.402 e. The third-order valence-electron chi connectivity index (χ3n) is 3.38. The first-order valence-corrected chi connectivity index (χ1v) is 8.68. The fourth-order valence-corrected chi connectivity index (χ4v) is 3.15. The maximum absolute atomic E-state index is 14.4. The van der Waals surface area contributed by atoms with Gasteiger partial charge in [0.2, 0.25) is 0 Å². The van der Waals surface area contributed by atoms with E-state index in [9.17, 15) is 17.2 Å². The lowest BCUT2D eigenvalue weighted by atomic mass is 10.1. The summed E-state index contributed by atoms with van der Waals surface area (Å²) < 4.78 is 62.1. The monoisotopic (exact) mass is 359 g/mol. The van der Waals surface area contributed by atoms with Gasteiger partial charge in [-0.2, -0.15) is 8.42 Å².